The number of ether oxygens (including phenoxy) is 2. The zero-order valence-electron chi connectivity index (χ0n) is 8.57. The van der Waals surface area contributed by atoms with Crippen LogP contribution >= 0.6 is 10.7 Å². The lowest BCUT2D eigenvalue weighted by atomic mass is 10.2. The maximum Gasteiger partial charge on any atom is 0.265 e. The van der Waals surface area contributed by atoms with E-state index in [1.165, 1.54) is 14.2 Å². The van der Waals surface area contributed by atoms with Crippen LogP contribution in [0, 0.1) is 6.92 Å². The summed E-state index contributed by atoms with van der Waals surface area (Å²) in [5.74, 6) is 0.467. The van der Waals surface area contributed by atoms with Gasteiger partial charge in [-0.25, -0.2) is 8.42 Å². The van der Waals surface area contributed by atoms with E-state index in [0.717, 1.165) is 0 Å². The predicted octanol–water partition coefficient (Wildman–Crippen LogP) is 1.94. The van der Waals surface area contributed by atoms with Gasteiger partial charge in [0.2, 0.25) is 0 Å². The Kier molecular flexibility index (Phi) is 3.46. The van der Waals surface area contributed by atoms with Gasteiger partial charge < -0.3 is 9.47 Å². The Balaban J connectivity index is 3.61. The third-order valence-corrected chi connectivity index (χ3v) is 3.40. The van der Waals surface area contributed by atoms with E-state index in [9.17, 15) is 8.42 Å². The van der Waals surface area contributed by atoms with Gasteiger partial charge in [0.1, 0.15) is 4.90 Å². The molecule has 1 aromatic rings. The molecule has 1 rings (SSSR count). The lowest BCUT2D eigenvalue weighted by molar-refractivity contribution is 0.346. The van der Waals surface area contributed by atoms with Gasteiger partial charge in [-0.15, -0.1) is 0 Å². The van der Waals surface area contributed by atoms with Gasteiger partial charge in [0.05, 0.1) is 14.2 Å². The third kappa shape index (κ3) is 2.35. The average molecular weight is 251 g/mol. The predicted molar refractivity (Wildman–Crippen MR) is 57.3 cm³/mol. The van der Waals surface area contributed by atoms with Crippen LogP contribution in [0.3, 0.4) is 0 Å². The first-order chi connectivity index (χ1) is 6.91. The zero-order valence-corrected chi connectivity index (χ0v) is 10.1. The minimum absolute atomic E-state index is 0.0500. The largest absolute Gasteiger partial charge is 0.493 e. The normalized spacial score (nSPS) is 11.2. The molecule has 0 N–H and O–H groups in total. The highest BCUT2D eigenvalue weighted by Gasteiger charge is 2.22. The number of methoxy groups -OCH3 is 2. The number of rotatable bonds is 3. The molecule has 0 fully saturated rings. The topological polar surface area (TPSA) is 52.6 Å². The molecule has 0 saturated carbocycles. The fourth-order valence-electron chi connectivity index (χ4n) is 1.30. The summed E-state index contributed by atoms with van der Waals surface area (Å²) in [4.78, 5) is -0.0500. The van der Waals surface area contributed by atoms with E-state index in [1.807, 2.05) is 0 Å². The molecule has 6 heteroatoms. The fourth-order valence-corrected chi connectivity index (χ4v) is 2.73. The molecular weight excluding hydrogens is 240 g/mol. The van der Waals surface area contributed by atoms with E-state index in [2.05, 4.69) is 0 Å². The number of aryl methyl sites for hydroxylation is 1. The van der Waals surface area contributed by atoms with Gasteiger partial charge >= 0.3 is 0 Å². The summed E-state index contributed by atoms with van der Waals surface area (Å²) >= 11 is 0. The summed E-state index contributed by atoms with van der Waals surface area (Å²) in [6.07, 6.45) is 0. The second kappa shape index (κ2) is 4.28. The Morgan fingerprint density at radius 3 is 2.20 bits per heavy atom. The molecule has 0 heterocycles. The molecular formula is C9H11ClO4S. The van der Waals surface area contributed by atoms with Crippen LogP contribution in [0.5, 0.6) is 11.5 Å². The highest BCUT2D eigenvalue weighted by Crippen LogP contribution is 2.37. The van der Waals surface area contributed by atoms with Crippen molar-refractivity contribution >= 4 is 19.7 Å². The Labute approximate surface area is 93.2 Å². The first kappa shape index (κ1) is 12.1. The van der Waals surface area contributed by atoms with Gasteiger partial charge in [-0.05, 0) is 18.6 Å². The molecule has 0 aliphatic heterocycles. The molecule has 15 heavy (non-hydrogen) atoms. The molecule has 0 aliphatic carbocycles. The lowest BCUT2D eigenvalue weighted by Crippen LogP contribution is -2.01. The van der Waals surface area contributed by atoms with E-state index >= 15 is 0 Å². The summed E-state index contributed by atoms with van der Waals surface area (Å²) in [7, 11) is 4.26. The van der Waals surface area contributed by atoms with Gasteiger partial charge in [-0.3, -0.25) is 0 Å². The maximum atomic E-state index is 11.3. The Hall–Kier alpha value is -0.940. The van der Waals surface area contributed by atoms with Crippen molar-refractivity contribution in [1.29, 1.82) is 0 Å². The third-order valence-electron chi connectivity index (χ3n) is 1.94. The smallest absolute Gasteiger partial charge is 0.265 e. The minimum Gasteiger partial charge on any atom is -0.493 e. The van der Waals surface area contributed by atoms with Crippen molar-refractivity contribution in [2.45, 2.75) is 11.8 Å². The first-order valence-corrected chi connectivity index (χ1v) is 6.39. The van der Waals surface area contributed by atoms with E-state index < -0.39 is 9.05 Å². The highest BCUT2D eigenvalue weighted by molar-refractivity contribution is 8.13. The van der Waals surface area contributed by atoms with Crippen molar-refractivity contribution in [3.8, 4) is 11.5 Å². The second-order valence-corrected chi connectivity index (χ2v) is 5.39. The van der Waals surface area contributed by atoms with Crippen LogP contribution < -0.4 is 9.47 Å². The molecule has 0 spiro atoms. The Morgan fingerprint density at radius 1 is 1.20 bits per heavy atom. The standard InChI is InChI=1S/C9H11ClO4S/c1-6-4-5-7(13-2)8(14-3)9(6)15(10,11)12/h4-5H,1-3H3. The molecule has 0 unspecified atom stereocenters. The molecule has 0 bridgehead atoms. The summed E-state index contributed by atoms with van der Waals surface area (Å²) in [5.41, 5.74) is 0.516. The number of halogens is 1. The monoisotopic (exact) mass is 250 g/mol. The molecule has 0 amide bonds. The van der Waals surface area contributed by atoms with Crippen LogP contribution in [0.2, 0.25) is 0 Å². The van der Waals surface area contributed by atoms with E-state index in [-0.39, 0.29) is 10.6 Å². The van der Waals surface area contributed by atoms with E-state index in [1.54, 1.807) is 19.1 Å². The van der Waals surface area contributed by atoms with Gasteiger partial charge in [0.15, 0.2) is 11.5 Å². The number of hydrogen-bond donors (Lipinski definition) is 0. The van der Waals surface area contributed by atoms with Crippen LogP contribution in [0.15, 0.2) is 17.0 Å². The van der Waals surface area contributed by atoms with Crippen molar-refractivity contribution in [3.63, 3.8) is 0 Å². The SMILES string of the molecule is COc1ccc(C)c(S(=O)(=O)Cl)c1OC. The highest BCUT2D eigenvalue weighted by atomic mass is 35.7. The average Bonchev–Trinajstić information content (AvgIpc) is 2.15. The first-order valence-electron chi connectivity index (χ1n) is 4.08. The van der Waals surface area contributed by atoms with Crippen LogP contribution in [0.25, 0.3) is 0 Å². The summed E-state index contributed by atoms with van der Waals surface area (Å²) in [5, 5.41) is 0. The number of benzene rings is 1. The molecule has 4 nitrogen and oxygen atoms in total. The van der Waals surface area contributed by atoms with Gasteiger partial charge in [0.25, 0.3) is 9.05 Å². The van der Waals surface area contributed by atoms with Crippen molar-refractivity contribution in [2.24, 2.45) is 0 Å². The summed E-state index contributed by atoms with van der Waals surface area (Å²) in [6.45, 7) is 1.64. The van der Waals surface area contributed by atoms with Crippen LogP contribution in [0.1, 0.15) is 5.56 Å². The second-order valence-electron chi connectivity index (χ2n) is 2.88. The van der Waals surface area contributed by atoms with Crippen molar-refractivity contribution in [1.82, 2.24) is 0 Å². The van der Waals surface area contributed by atoms with Crippen LogP contribution in [-0.4, -0.2) is 22.6 Å². The zero-order chi connectivity index (χ0) is 11.6. The van der Waals surface area contributed by atoms with Crippen LogP contribution in [-0.2, 0) is 9.05 Å². The van der Waals surface area contributed by atoms with Crippen LogP contribution in [0.4, 0.5) is 0 Å². The quantitative estimate of drug-likeness (QED) is 0.770. The fraction of sp³-hybridized carbons (Fsp3) is 0.333. The van der Waals surface area contributed by atoms with Gasteiger partial charge in [0, 0.05) is 10.7 Å². The summed E-state index contributed by atoms with van der Waals surface area (Å²) in [6, 6.07) is 3.23. The van der Waals surface area contributed by atoms with E-state index in [0.29, 0.717) is 11.3 Å². The minimum atomic E-state index is -3.84. The molecule has 84 valence electrons. The molecule has 0 atom stereocenters. The summed E-state index contributed by atoms with van der Waals surface area (Å²) < 4.78 is 32.6. The van der Waals surface area contributed by atoms with Crippen molar-refractivity contribution < 1.29 is 17.9 Å². The Morgan fingerprint density at radius 2 is 1.80 bits per heavy atom. The van der Waals surface area contributed by atoms with Gasteiger partial charge in [-0.1, -0.05) is 6.07 Å². The Bertz CT molecular complexity index is 467. The molecule has 0 saturated heterocycles. The molecule has 0 aromatic heterocycles. The number of hydrogen-bond acceptors (Lipinski definition) is 4. The van der Waals surface area contributed by atoms with Gasteiger partial charge in [-0.2, -0.15) is 0 Å². The molecule has 0 radical (unpaired) electrons. The van der Waals surface area contributed by atoms with Crippen molar-refractivity contribution in [3.05, 3.63) is 17.7 Å². The maximum absolute atomic E-state index is 11.3. The lowest BCUT2D eigenvalue weighted by Gasteiger charge is -2.12. The molecule has 1 aromatic carbocycles. The van der Waals surface area contributed by atoms with E-state index in [4.69, 9.17) is 20.2 Å². The van der Waals surface area contributed by atoms with Crippen molar-refractivity contribution in [2.75, 3.05) is 14.2 Å². The molecule has 0 aliphatic rings.